The maximum atomic E-state index is 11.6. The quantitative estimate of drug-likeness (QED) is 0.684. The Hall–Kier alpha value is -2.04. The smallest absolute Gasteiger partial charge is 0.306 e. The van der Waals surface area contributed by atoms with Crippen LogP contribution in [0.25, 0.3) is 0 Å². The number of esters is 1. The fourth-order valence-electron chi connectivity index (χ4n) is 2.03. The zero-order valence-electron chi connectivity index (χ0n) is 12.2. The fourth-order valence-corrected chi connectivity index (χ4v) is 2.03. The minimum atomic E-state index is -1.01. The molecule has 0 amide bonds. The third-order valence-electron chi connectivity index (χ3n) is 3.09. The summed E-state index contributed by atoms with van der Waals surface area (Å²) in [5.41, 5.74) is 0.891. The predicted octanol–water partition coefficient (Wildman–Crippen LogP) is 2.90. The van der Waals surface area contributed by atoms with Gasteiger partial charge in [-0.1, -0.05) is 31.9 Å². The summed E-state index contributed by atoms with van der Waals surface area (Å²) in [7, 11) is 0. The lowest BCUT2D eigenvalue weighted by Crippen LogP contribution is -2.21. The molecule has 1 aromatic carbocycles. The number of hydrogen-bond donors (Lipinski definition) is 2. The van der Waals surface area contributed by atoms with Crippen molar-refractivity contribution in [1.29, 1.82) is 0 Å². The minimum Gasteiger partial charge on any atom is -0.508 e. The molecular weight excluding hydrogens is 272 g/mol. The molecule has 0 saturated heterocycles. The van der Waals surface area contributed by atoms with Gasteiger partial charge in [-0.2, -0.15) is 0 Å². The van der Waals surface area contributed by atoms with Crippen LogP contribution in [0.15, 0.2) is 24.3 Å². The summed E-state index contributed by atoms with van der Waals surface area (Å²) >= 11 is 0. The van der Waals surface area contributed by atoms with Gasteiger partial charge in [-0.05, 0) is 24.1 Å². The molecular formula is C16H22O5. The summed E-state index contributed by atoms with van der Waals surface area (Å²) in [6.45, 7) is 2.05. The van der Waals surface area contributed by atoms with Crippen molar-refractivity contribution in [1.82, 2.24) is 0 Å². The number of carbonyl (C=O) groups is 2. The minimum absolute atomic E-state index is 0.113. The molecule has 21 heavy (non-hydrogen) atoms. The maximum absolute atomic E-state index is 11.6. The number of rotatable bonds is 9. The number of hydrogen-bond acceptors (Lipinski definition) is 4. The first-order valence-electron chi connectivity index (χ1n) is 7.20. The number of aromatic hydroxyl groups is 1. The molecule has 1 rings (SSSR count). The van der Waals surface area contributed by atoms with Crippen LogP contribution in [-0.4, -0.2) is 28.3 Å². The van der Waals surface area contributed by atoms with E-state index in [4.69, 9.17) is 9.84 Å². The van der Waals surface area contributed by atoms with Crippen molar-refractivity contribution < 1.29 is 24.5 Å². The Kier molecular flexibility index (Phi) is 7.29. The molecule has 1 aromatic rings. The molecule has 116 valence electrons. The molecule has 0 aliphatic rings. The molecule has 0 saturated carbocycles. The van der Waals surface area contributed by atoms with Crippen LogP contribution in [0, 0.1) is 0 Å². The Bertz CT molecular complexity index is 469. The highest BCUT2D eigenvalue weighted by Gasteiger charge is 2.16. The van der Waals surface area contributed by atoms with Crippen molar-refractivity contribution in [3.05, 3.63) is 29.8 Å². The van der Waals surface area contributed by atoms with Gasteiger partial charge in [-0.25, -0.2) is 0 Å². The van der Waals surface area contributed by atoms with Gasteiger partial charge in [0, 0.05) is 6.42 Å². The highest BCUT2D eigenvalue weighted by Crippen LogP contribution is 2.17. The molecule has 0 aromatic heterocycles. The number of unbranched alkanes of at least 4 members (excludes halogenated alkanes) is 1. The van der Waals surface area contributed by atoms with Crippen molar-refractivity contribution in [2.45, 2.75) is 51.6 Å². The van der Waals surface area contributed by atoms with Crippen LogP contribution >= 0.6 is 0 Å². The van der Waals surface area contributed by atoms with Crippen molar-refractivity contribution in [3.63, 3.8) is 0 Å². The van der Waals surface area contributed by atoms with Crippen LogP contribution in [0.2, 0.25) is 0 Å². The number of carboxylic acid groups (broad SMARTS) is 1. The molecule has 0 radical (unpaired) electrons. The summed E-state index contributed by atoms with van der Waals surface area (Å²) in [6.07, 6.45) is 2.55. The van der Waals surface area contributed by atoms with Crippen molar-refractivity contribution in [2.24, 2.45) is 0 Å². The Balaban J connectivity index is 2.58. The van der Waals surface area contributed by atoms with E-state index >= 15 is 0 Å². The second-order valence-electron chi connectivity index (χ2n) is 5.02. The van der Waals surface area contributed by atoms with Crippen molar-refractivity contribution >= 4 is 11.9 Å². The highest BCUT2D eigenvalue weighted by molar-refractivity contribution is 5.76. The predicted molar refractivity (Wildman–Crippen MR) is 78.1 cm³/mol. The van der Waals surface area contributed by atoms with E-state index in [1.54, 1.807) is 18.2 Å². The maximum Gasteiger partial charge on any atom is 0.306 e. The molecule has 1 unspecified atom stereocenters. The van der Waals surface area contributed by atoms with Crippen LogP contribution in [0.3, 0.4) is 0 Å². The van der Waals surface area contributed by atoms with Gasteiger partial charge in [0.05, 0.1) is 12.8 Å². The van der Waals surface area contributed by atoms with E-state index < -0.39 is 11.9 Å². The molecule has 0 spiro atoms. The largest absolute Gasteiger partial charge is 0.508 e. The van der Waals surface area contributed by atoms with Gasteiger partial charge in [0.2, 0.25) is 0 Å². The Morgan fingerprint density at radius 2 is 2.05 bits per heavy atom. The SMILES string of the molecule is CCCCC(Cc1cccc(O)c1)OC(=O)CCC(=O)O. The standard InChI is InChI=1S/C16H22O5/c1-2-3-7-14(21-16(20)9-8-15(18)19)11-12-5-4-6-13(17)10-12/h4-6,10,14,17H,2-3,7-9,11H2,1H3,(H,18,19). The number of aliphatic carboxylic acids is 1. The molecule has 0 aliphatic carbocycles. The van der Waals surface area contributed by atoms with Crippen LogP contribution in [0.4, 0.5) is 0 Å². The molecule has 5 heteroatoms. The van der Waals surface area contributed by atoms with Crippen molar-refractivity contribution in [3.8, 4) is 5.75 Å². The number of phenols is 1. The van der Waals surface area contributed by atoms with Gasteiger partial charge in [-0.15, -0.1) is 0 Å². The average molecular weight is 294 g/mol. The first-order valence-corrected chi connectivity index (χ1v) is 7.20. The van der Waals surface area contributed by atoms with Gasteiger partial charge < -0.3 is 14.9 Å². The van der Waals surface area contributed by atoms with E-state index in [2.05, 4.69) is 6.92 Å². The van der Waals surface area contributed by atoms with Crippen molar-refractivity contribution in [2.75, 3.05) is 0 Å². The number of carbonyl (C=O) groups excluding carboxylic acids is 1. The topological polar surface area (TPSA) is 83.8 Å². The summed E-state index contributed by atoms with van der Waals surface area (Å²) in [5.74, 6) is -1.32. The molecule has 2 N–H and O–H groups in total. The second kappa shape index (κ2) is 9.00. The van der Waals surface area contributed by atoms with E-state index in [1.165, 1.54) is 0 Å². The Morgan fingerprint density at radius 3 is 2.67 bits per heavy atom. The first-order chi connectivity index (χ1) is 10.0. The summed E-state index contributed by atoms with van der Waals surface area (Å²) in [5, 5.41) is 18.0. The zero-order valence-corrected chi connectivity index (χ0v) is 12.2. The third-order valence-corrected chi connectivity index (χ3v) is 3.09. The number of benzene rings is 1. The number of carboxylic acids is 1. The Labute approximate surface area is 124 Å². The van der Waals surface area contributed by atoms with Crippen LogP contribution in [-0.2, 0) is 20.7 Å². The fraction of sp³-hybridized carbons (Fsp3) is 0.500. The lowest BCUT2D eigenvalue weighted by Gasteiger charge is -2.18. The second-order valence-corrected chi connectivity index (χ2v) is 5.02. The number of ether oxygens (including phenoxy) is 1. The molecule has 1 atom stereocenters. The van der Waals surface area contributed by atoms with E-state index in [9.17, 15) is 14.7 Å². The number of phenolic OH excluding ortho intramolecular Hbond substituents is 1. The van der Waals surface area contributed by atoms with E-state index in [0.717, 1.165) is 24.8 Å². The Morgan fingerprint density at radius 1 is 1.29 bits per heavy atom. The van der Waals surface area contributed by atoms with E-state index in [0.29, 0.717) is 6.42 Å². The van der Waals surface area contributed by atoms with Crippen LogP contribution < -0.4 is 0 Å². The van der Waals surface area contributed by atoms with Gasteiger partial charge in [0.25, 0.3) is 0 Å². The van der Waals surface area contributed by atoms with Crippen LogP contribution in [0.5, 0.6) is 5.75 Å². The summed E-state index contributed by atoms with van der Waals surface area (Å²) < 4.78 is 5.36. The molecule has 0 heterocycles. The zero-order chi connectivity index (χ0) is 15.7. The van der Waals surface area contributed by atoms with Crippen LogP contribution in [0.1, 0.15) is 44.6 Å². The molecule has 0 fully saturated rings. The highest BCUT2D eigenvalue weighted by atomic mass is 16.5. The normalized spacial score (nSPS) is 11.9. The van der Waals surface area contributed by atoms with E-state index in [1.807, 2.05) is 6.07 Å². The molecule has 5 nitrogen and oxygen atoms in total. The average Bonchev–Trinajstić information content (AvgIpc) is 2.42. The van der Waals surface area contributed by atoms with E-state index in [-0.39, 0.29) is 24.7 Å². The lowest BCUT2D eigenvalue weighted by atomic mass is 10.0. The summed E-state index contributed by atoms with van der Waals surface area (Å²) in [6, 6.07) is 6.84. The first kappa shape index (κ1) is 17.0. The lowest BCUT2D eigenvalue weighted by molar-refractivity contribution is -0.152. The monoisotopic (exact) mass is 294 g/mol. The van der Waals surface area contributed by atoms with Gasteiger partial charge in [-0.3, -0.25) is 9.59 Å². The molecule has 0 bridgehead atoms. The summed E-state index contributed by atoms with van der Waals surface area (Å²) in [4.78, 5) is 22.1. The third kappa shape index (κ3) is 7.34. The molecule has 0 aliphatic heterocycles. The van der Waals surface area contributed by atoms with Gasteiger partial charge in [0.15, 0.2) is 0 Å². The van der Waals surface area contributed by atoms with Gasteiger partial charge >= 0.3 is 11.9 Å². The van der Waals surface area contributed by atoms with Gasteiger partial charge in [0.1, 0.15) is 11.9 Å².